The van der Waals surface area contributed by atoms with Gasteiger partial charge in [-0.05, 0) is 56.7 Å². The fourth-order valence-corrected chi connectivity index (χ4v) is 4.75. The fourth-order valence-electron chi connectivity index (χ4n) is 4.18. The normalized spacial score (nSPS) is 12.4. The molecule has 2 amide bonds. The molecule has 36 heavy (non-hydrogen) atoms. The molecular weight excluding hydrogens is 522 g/mol. The van der Waals surface area contributed by atoms with Crippen molar-refractivity contribution in [3.8, 4) is 11.5 Å². The highest BCUT2D eigenvalue weighted by atomic mass is 79.9. The maximum absolute atomic E-state index is 12.9. The fraction of sp³-hybridized carbons (Fsp3) is 0.107. The average Bonchev–Trinajstić information content (AvgIpc) is 3.16. The second-order valence-corrected chi connectivity index (χ2v) is 9.03. The number of anilines is 1. The Labute approximate surface area is 216 Å². The average molecular weight is 544 g/mol. The summed E-state index contributed by atoms with van der Waals surface area (Å²) < 4.78 is 12.1. The summed E-state index contributed by atoms with van der Waals surface area (Å²) in [6.07, 6.45) is 1.51. The second kappa shape index (κ2) is 10.2. The van der Waals surface area contributed by atoms with E-state index in [0.29, 0.717) is 33.7 Å². The molecule has 0 aliphatic carbocycles. The zero-order valence-electron chi connectivity index (χ0n) is 19.4. The molecule has 0 aromatic heterocycles. The first-order valence-electron chi connectivity index (χ1n) is 11.2. The third-order valence-electron chi connectivity index (χ3n) is 5.83. The zero-order chi connectivity index (χ0) is 25.1. The predicted molar refractivity (Wildman–Crippen MR) is 143 cm³/mol. The molecule has 0 unspecified atom stereocenters. The van der Waals surface area contributed by atoms with Crippen LogP contribution in [0.5, 0.6) is 11.5 Å². The first kappa shape index (κ1) is 23.6. The van der Waals surface area contributed by atoms with E-state index < -0.39 is 5.91 Å². The van der Waals surface area contributed by atoms with Crippen LogP contribution in [0.25, 0.3) is 10.8 Å². The lowest BCUT2D eigenvalue weighted by Crippen LogP contribution is -2.37. The van der Waals surface area contributed by atoms with Crippen LogP contribution in [0.4, 0.5) is 5.69 Å². The van der Waals surface area contributed by atoms with Crippen LogP contribution in [0, 0.1) is 0 Å². The maximum Gasteiger partial charge on any atom is 0.260 e. The number of hydrogen-bond donors (Lipinski definition) is 1. The van der Waals surface area contributed by atoms with Crippen LogP contribution in [0.15, 0.2) is 88.4 Å². The van der Waals surface area contributed by atoms with Gasteiger partial charge in [-0.15, -0.1) is 0 Å². The van der Waals surface area contributed by atoms with Crippen molar-refractivity contribution in [3.63, 3.8) is 0 Å². The Morgan fingerprint density at radius 3 is 2.61 bits per heavy atom. The first-order valence-corrected chi connectivity index (χ1v) is 12.0. The number of halogens is 1. The highest BCUT2D eigenvalue weighted by Gasteiger charge is 2.30. The van der Waals surface area contributed by atoms with E-state index in [9.17, 15) is 9.59 Å². The second-order valence-electron chi connectivity index (χ2n) is 8.17. The third-order valence-corrected chi connectivity index (χ3v) is 6.42. The highest BCUT2D eigenvalue weighted by Crippen LogP contribution is 2.38. The summed E-state index contributed by atoms with van der Waals surface area (Å²) in [7, 11) is 1.56. The number of methoxy groups -OCH3 is 1. The first-order chi connectivity index (χ1) is 17.5. The lowest BCUT2D eigenvalue weighted by atomic mass is 10.1. The van der Waals surface area contributed by atoms with Crippen molar-refractivity contribution in [2.75, 3.05) is 18.6 Å². The molecule has 1 aliphatic heterocycles. The number of hydrazone groups is 1. The number of rotatable bonds is 8. The molecule has 1 N–H and O–H groups in total. The molecule has 8 heteroatoms. The molecule has 0 saturated heterocycles. The number of carbonyl (C=O) groups excluding carboxylic acids is 2. The predicted octanol–water partition coefficient (Wildman–Crippen LogP) is 5.30. The van der Waals surface area contributed by atoms with Gasteiger partial charge >= 0.3 is 0 Å². The molecule has 0 spiro atoms. The topological polar surface area (TPSA) is 80.2 Å². The monoisotopic (exact) mass is 543 g/mol. The van der Waals surface area contributed by atoms with Crippen molar-refractivity contribution in [2.24, 2.45) is 5.10 Å². The maximum atomic E-state index is 12.9. The van der Waals surface area contributed by atoms with E-state index in [4.69, 9.17) is 9.47 Å². The molecule has 1 heterocycles. The van der Waals surface area contributed by atoms with Gasteiger partial charge in [0.25, 0.3) is 11.8 Å². The van der Waals surface area contributed by atoms with Crippen LogP contribution < -0.4 is 19.8 Å². The minimum Gasteiger partial charge on any atom is -0.493 e. The summed E-state index contributed by atoms with van der Waals surface area (Å²) >= 11 is 3.53. The Balaban J connectivity index is 1.24. The number of amides is 2. The van der Waals surface area contributed by atoms with Gasteiger partial charge in [-0.25, -0.2) is 5.43 Å². The molecular formula is C28H22BrN3O4. The van der Waals surface area contributed by atoms with Gasteiger partial charge in [0.1, 0.15) is 13.2 Å². The molecule has 180 valence electrons. The van der Waals surface area contributed by atoms with Crippen LogP contribution in [0.3, 0.4) is 0 Å². The van der Waals surface area contributed by atoms with Crippen LogP contribution in [-0.2, 0) is 11.4 Å². The number of carbonyl (C=O) groups is 2. The van der Waals surface area contributed by atoms with Gasteiger partial charge in [-0.3, -0.25) is 14.5 Å². The largest absolute Gasteiger partial charge is 0.493 e. The standard InChI is InChI=1S/C28H22BrN3O4/c1-35-24-14-19(13-22(29)27(24)36-17-18-7-3-2-4-8-18)15-30-31-25(33)16-32-23-12-6-10-20-9-5-11-21(26(20)23)28(32)34/h2-15H,16-17H2,1H3,(H,31,33)/b30-15-. The smallest absolute Gasteiger partial charge is 0.260 e. The number of nitrogens with zero attached hydrogens (tertiary/aromatic N) is 2. The Bertz CT molecular complexity index is 1480. The molecule has 4 aromatic rings. The van der Waals surface area contributed by atoms with E-state index in [2.05, 4.69) is 26.5 Å². The molecule has 0 atom stereocenters. The minimum absolute atomic E-state index is 0.136. The van der Waals surface area contributed by atoms with E-state index in [1.165, 1.54) is 11.1 Å². The molecule has 1 aliphatic rings. The van der Waals surface area contributed by atoms with Crippen LogP contribution in [-0.4, -0.2) is 31.7 Å². The van der Waals surface area contributed by atoms with E-state index >= 15 is 0 Å². The van der Waals surface area contributed by atoms with Crippen molar-refractivity contribution in [2.45, 2.75) is 6.61 Å². The van der Waals surface area contributed by atoms with Crippen molar-refractivity contribution < 1.29 is 19.1 Å². The zero-order valence-corrected chi connectivity index (χ0v) is 21.0. The summed E-state index contributed by atoms with van der Waals surface area (Å²) in [6.45, 7) is 0.259. The Morgan fingerprint density at radius 2 is 1.83 bits per heavy atom. The van der Waals surface area contributed by atoms with Gasteiger partial charge in [0.15, 0.2) is 11.5 Å². The SMILES string of the molecule is COc1cc(/C=N\NC(=O)CN2C(=O)c3cccc4cccc2c34)cc(Br)c1OCc1ccccc1. The minimum atomic E-state index is -0.404. The summed E-state index contributed by atoms with van der Waals surface area (Å²) in [5, 5.41) is 5.90. The number of nitrogens with one attached hydrogen (secondary N) is 1. The van der Waals surface area contributed by atoms with Gasteiger partial charge in [-0.2, -0.15) is 5.10 Å². The Kier molecular flexibility index (Phi) is 6.69. The van der Waals surface area contributed by atoms with Crippen molar-refractivity contribution in [3.05, 3.63) is 100 Å². The van der Waals surface area contributed by atoms with Gasteiger partial charge in [0.2, 0.25) is 0 Å². The summed E-state index contributed by atoms with van der Waals surface area (Å²) in [6, 6.07) is 24.7. The van der Waals surface area contributed by atoms with Gasteiger partial charge < -0.3 is 9.47 Å². The summed E-state index contributed by atoms with van der Waals surface area (Å²) in [5.41, 5.74) is 5.57. The molecule has 4 aromatic carbocycles. The number of hydrogen-bond acceptors (Lipinski definition) is 5. The van der Waals surface area contributed by atoms with Crippen molar-refractivity contribution in [1.29, 1.82) is 0 Å². The van der Waals surface area contributed by atoms with Gasteiger partial charge in [0, 0.05) is 10.9 Å². The van der Waals surface area contributed by atoms with Crippen LogP contribution >= 0.6 is 15.9 Å². The van der Waals surface area contributed by atoms with Gasteiger partial charge in [0.05, 0.1) is 23.5 Å². The van der Waals surface area contributed by atoms with E-state index in [-0.39, 0.29) is 12.5 Å². The highest BCUT2D eigenvalue weighted by molar-refractivity contribution is 9.10. The Hall–Kier alpha value is -4.17. The van der Waals surface area contributed by atoms with E-state index in [0.717, 1.165) is 22.0 Å². The van der Waals surface area contributed by atoms with Crippen LogP contribution in [0.1, 0.15) is 21.5 Å². The molecule has 5 rings (SSSR count). The summed E-state index contributed by atoms with van der Waals surface area (Å²) in [5.74, 6) is 0.504. The third kappa shape index (κ3) is 4.67. The van der Waals surface area contributed by atoms with E-state index in [1.807, 2.05) is 66.7 Å². The lowest BCUT2D eigenvalue weighted by molar-refractivity contribution is -0.119. The molecule has 0 bridgehead atoms. The van der Waals surface area contributed by atoms with Crippen molar-refractivity contribution in [1.82, 2.24) is 5.43 Å². The number of ether oxygens (including phenoxy) is 2. The lowest BCUT2D eigenvalue weighted by Gasteiger charge is -2.16. The Morgan fingerprint density at radius 1 is 1.06 bits per heavy atom. The molecule has 0 saturated carbocycles. The summed E-state index contributed by atoms with van der Waals surface area (Å²) in [4.78, 5) is 26.9. The van der Waals surface area contributed by atoms with Crippen molar-refractivity contribution >= 4 is 50.4 Å². The molecule has 0 radical (unpaired) electrons. The number of benzene rings is 4. The van der Waals surface area contributed by atoms with Gasteiger partial charge in [-0.1, -0.05) is 54.6 Å². The molecule has 7 nitrogen and oxygen atoms in total. The molecule has 0 fully saturated rings. The quantitative estimate of drug-likeness (QED) is 0.241. The van der Waals surface area contributed by atoms with E-state index in [1.54, 1.807) is 19.2 Å². The van der Waals surface area contributed by atoms with Crippen LogP contribution in [0.2, 0.25) is 0 Å².